The molecule has 2 rings (SSSR count). The van der Waals surface area contributed by atoms with Crippen molar-refractivity contribution in [3.63, 3.8) is 0 Å². The molecule has 6 heteroatoms. The van der Waals surface area contributed by atoms with Crippen molar-refractivity contribution in [2.24, 2.45) is 0 Å². The van der Waals surface area contributed by atoms with Crippen molar-refractivity contribution in [3.05, 3.63) is 28.5 Å². The SMILES string of the molecule is O=C(NCCCOCC1CCCO1)c1ccc(Br)nc1. The molecule has 2 heterocycles. The first-order valence-electron chi connectivity index (χ1n) is 6.85. The number of aromatic nitrogens is 1. The zero-order valence-corrected chi connectivity index (χ0v) is 12.9. The topological polar surface area (TPSA) is 60.5 Å². The van der Waals surface area contributed by atoms with E-state index in [-0.39, 0.29) is 12.0 Å². The lowest BCUT2D eigenvalue weighted by Gasteiger charge is -2.10. The van der Waals surface area contributed by atoms with Crippen LogP contribution >= 0.6 is 15.9 Å². The molecule has 1 atom stereocenters. The van der Waals surface area contributed by atoms with Gasteiger partial charge in [-0.25, -0.2) is 4.98 Å². The first kappa shape index (κ1) is 15.4. The molecule has 0 bridgehead atoms. The van der Waals surface area contributed by atoms with Gasteiger partial charge in [-0.15, -0.1) is 0 Å². The minimum absolute atomic E-state index is 0.107. The van der Waals surface area contributed by atoms with Crippen molar-refractivity contribution in [3.8, 4) is 0 Å². The highest BCUT2D eigenvalue weighted by Crippen LogP contribution is 2.11. The highest BCUT2D eigenvalue weighted by molar-refractivity contribution is 9.10. The molecular weight excluding hydrogens is 324 g/mol. The van der Waals surface area contributed by atoms with Crippen LogP contribution in [0.4, 0.5) is 0 Å². The van der Waals surface area contributed by atoms with E-state index in [0.29, 0.717) is 25.3 Å². The zero-order valence-electron chi connectivity index (χ0n) is 11.3. The van der Waals surface area contributed by atoms with Crippen LogP contribution in [-0.2, 0) is 9.47 Å². The molecule has 0 aromatic carbocycles. The standard InChI is InChI=1S/C14H19BrN2O3/c15-13-5-4-11(9-17-13)14(18)16-6-2-7-19-10-12-3-1-8-20-12/h4-5,9,12H,1-3,6-8,10H2,(H,16,18). The van der Waals surface area contributed by atoms with Crippen LogP contribution in [0.15, 0.2) is 22.9 Å². The Bertz CT molecular complexity index is 419. The Morgan fingerprint density at radius 3 is 3.15 bits per heavy atom. The zero-order chi connectivity index (χ0) is 14.2. The molecule has 1 unspecified atom stereocenters. The Kier molecular flexibility index (Phi) is 6.42. The van der Waals surface area contributed by atoms with E-state index in [2.05, 4.69) is 26.2 Å². The first-order chi connectivity index (χ1) is 9.75. The molecule has 1 aliphatic heterocycles. The van der Waals surface area contributed by atoms with Gasteiger partial charge >= 0.3 is 0 Å². The van der Waals surface area contributed by atoms with Gasteiger partial charge in [0.2, 0.25) is 0 Å². The largest absolute Gasteiger partial charge is 0.379 e. The van der Waals surface area contributed by atoms with Gasteiger partial charge in [-0.3, -0.25) is 4.79 Å². The van der Waals surface area contributed by atoms with Gasteiger partial charge in [-0.05, 0) is 47.3 Å². The van der Waals surface area contributed by atoms with E-state index in [0.717, 1.165) is 30.5 Å². The normalized spacial score (nSPS) is 18.1. The van der Waals surface area contributed by atoms with Gasteiger partial charge in [0.05, 0.1) is 18.3 Å². The molecule has 1 aromatic heterocycles. The maximum absolute atomic E-state index is 11.8. The summed E-state index contributed by atoms with van der Waals surface area (Å²) in [6.07, 6.45) is 4.83. The van der Waals surface area contributed by atoms with Crippen molar-refractivity contribution in [1.29, 1.82) is 0 Å². The summed E-state index contributed by atoms with van der Waals surface area (Å²) in [4.78, 5) is 15.8. The van der Waals surface area contributed by atoms with E-state index in [4.69, 9.17) is 9.47 Å². The number of hydrogen-bond donors (Lipinski definition) is 1. The molecule has 0 saturated carbocycles. The van der Waals surface area contributed by atoms with Crippen LogP contribution < -0.4 is 5.32 Å². The van der Waals surface area contributed by atoms with Gasteiger partial charge < -0.3 is 14.8 Å². The van der Waals surface area contributed by atoms with Crippen molar-refractivity contribution < 1.29 is 14.3 Å². The van der Waals surface area contributed by atoms with Crippen LogP contribution in [0.2, 0.25) is 0 Å². The number of halogens is 1. The number of carbonyl (C=O) groups is 1. The third kappa shape index (κ3) is 5.19. The molecular formula is C14H19BrN2O3. The Labute approximate surface area is 127 Å². The number of pyridine rings is 1. The Morgan fingerprint density at radius 2 is 2.45 bits per heavy atom. The van der Waals surface area contributed by atoms with Crippen molar-refractivity contribution in [2.45, 2.75) is 25.4 Å². The van der Waals surface area contributed by atoms with Gasteiger partial charge in [-0.1, -0.05) is 0 Å². The van der Waals surface area contributed by atoms with Crippen molar-refractivity contribution in [2.75, 3.05) is 26.4 Å². The second-order valence-electron chi connectivity index (χ2n) is 4.69. The minimum atomic E-state index is -0.107. The van der Waals surface area contributed by atoms with Crippen molar-refractivity contribution >= 4 is 21.8 Å². The fourth-order valence-corrected chi connectivity index (χ4v) is 2.21. The maximum atomic E-state index is 11.8. The molecule has 0 radical (unpaired) electrons. The first-order valence-corrected chi connectivity index (χ1v) is 7.64. The highest BCUT2D eigenvalue weighted by Gasteiger charge is 2.14. The molecule has 1 aliphatic rings. The summed E-state index contributed by atoms with van der Waals surface area (Å²) in [6.45, 7) is 2.75. The molecule has 1 aromatic rings. The van der Waals surface area contributed by atoms with E-state index in [9.17, 15) is 4.79 Å². The van der Waals surface area contributed by atoms with Crippen LogP contribution in [0.5, 0.6) is 0 Å². The molecule has 0 spiro atoms. The molecule has 1 fully saturated rings. The van der Waals surface area contributed by atoms with Crippen LogP contribution in [0.25, 0.3) is 0 Å². The van der Waals surface area contributed by atoms with Crippen LogP contribution in [0.1, 0.15) is 29.6 Å². The number of carbonyl (C=O) groups excluding carboxylic acids is 1. The summed E-state index contributed by atoms with van der Waals surface area (Å²) in [6, 6.07) is 3.49. The van der Waals surface area contributed by atoms with E-state index in [1.54, 1.807) is 18.3 Å². The lowest BCUT2D eigenvalue weighted by atomic mass is 10.2. The Hall–Kier alpha value is -0.980. The fraction of sp³-hybridized carbons (Fsp3) is 0.571. The maximum Gasteiger partial charge on any atom is 0.252 e. The van der Waals surface area contributed by atoms with Gasteiger partial charge in [0, 0.05) is 26.0 Å². The molecule has 5 nitrogen and oxygen atoms in total. The molecule has 1 N–H and O–H groups in total. The third-order valence-electron chi connectivity index (χ3n) is 3.07. The summed E-state index contributed by atoms with van der Waals surface area (Å²) in [7, 11) is 0. The Morgan fingerprint density at radius 1 is 1.55 bits per heavy atom. The van der Waals surface area contributed by atoms with Crippen LogP contribution in [0.3, 0.4) is 0 Å². The smallest absolute Gasteiger partial charge is 0.252 e. The number of nitrogens with one attached hydrogen (secondary N) is 1. The van der Waals surface area contributed by atoms with Crippen LogP contribution in [-0.4, -0.2) is 43.4 Å². The second kappa shape index (κ2) is 8.34. The van der Waals surface area contributed by atoms with E-state index in [1.807, 2.05) is 0 Å². The predicted molar refractivity (Wildman–Crippen MR) is 78.7 cm³/mol. The van der Waals surface area contributed by atoms with Crippen molar-refractivity contribution in [1.82, 2.24) is 10.3 Å². The average molecular weight is 343 g/mol. The van der Waals surface area contributed by atoms with E-state index >= 15 is 0 Å². The second-order valence-corrected chi connectivity index (χ2v) is 5.50. The number of nitrogens with zero attached hydrogens (tertiary/aromatic N) is 1. The average Bonchev–Trinajstić information content (AvgIpc) is 2.96. The summed E-state index contributed by atoms with van der Waals surface area (Å²) in [5.41, 5.74) is 0.563. The van der Waals surface area contributed by atoms with Crippen LogP contribution in [0, 0.1) is 0 Å². The van der Waals surface area contributed by atoms with E-state index in [1.165, 1.54) is 0 Å². The molecule has 20 heavy (non-hydrogen) atoms. The van der Waals surface area contributed by atoms with Gasteiger partial charge in [0.15, 0.2) is 0 Å². The number of rotatable bonds is 7. The molecule has 0 aliphatic carbocycles. The fourth-order valence-electron chi connectivity index (χ4n) is 1.98. The third-order valence-corrected chi connectivity index (χ3v) is 3.54. The minimum Gasteiger partial charge on any atom is -0.379 e. The summed E-state index contributed by atoms with van der Waals surface area (Å²) in [5, 5.41) is 2.84. The summed E-state index contributed by atoms with van der Waals surface area (Å²) < 4.78 is 11.7. The summed E-state index contributed by atoms with van der Waals surface area (Å²) >= 11 is 3.23. The number of hydrogen-bond acceptors (Lipinski definition) is 4. The van der Waals surface area contributed by atoms with Gasteiger partial charge in [-0.2, -0.15) is 0 Å². The monoisotopic (exact) mass is 342 g/mol. The highest BCUT2D eigenvalue weighted by atomic mass is 79.9. The van der Waals surface area contributed by atoms with Gasteiger partial charge in [0.1, 0.15) is 4.60 Å². The lowest BCUT2D eigenvalue weighted by Crippen LogP contribution is -2.25. The lowest BCUT2D eigenvalue weighted by molar-refractivity contribution is 0.0166. The van der Waals surface area contributed by atoms with Gasteiger partial charge in [0.25, 0.3) is 5.91 Å². The summed E-state index contributed by atoms with van der Waals surface area (Å²) in [5.74, 6) is -0.107. The molecule has 1 amide bonds. The predicted octanol–water partition coefficient (Wildman–Crippen LogP) is 2.16. The molecule has 1 saturated heterocycles. The number of ether oxygens (including phenoxy) is 2. The number of amides is 1. The molecule has 110 valence electrons. The van der Waals surface area contributed by atoms with E-state index < -0.39 is 0 Å². The quantitative estimate of drug-likeness (QED) is 0.609. The Balaban J connectivity index is 1.54.